The molecule has 1 saturated heterocycles. The maximum Gasteiger partial charge on any atom is 0.225 e. The van der Waals surface area contributed by atoms with E-state index in [9.17, 15) is 4.79 Å². The van der Waals surface area contributed by atoms with Crippen LogP contribution in [-0.4, -0.2) is 29.9 Å². The van der Waals surface area contributed by atoms with Crippen molar-refractivity contribution in [2.45, 2.75) is 57.4 Å². The number of nitrogens with two attached hydrogens (primary N) is 1. The molecular weight excluding hydrogens is 260 g/mol. The van der Waals surface area contributed by atoms with Gasteiger partial charge in [-0.3, -0.25) is 4.79 Å². The molecular formula is C15H27ClN2O. The summed E-state index contributed by atoms with van der Waals surface area (Å²) in [4.78, 5) is 14.5. The summed E-state index contributed by atoms with van der Waals surface area (Å²) in [5.41, 5.74) is 5.90. The van der Waals surface area contributed by atoms with Crippen LogP contribution in [-0.2, 0) is 4.79 Å². The average molecular weight is 287 g/mol. The Bertz CT molecular complexity index is 323. The van der Waals surface area contributed by atoms with Crippen LogP contribution in [0.25, 0.3) is 0 Å². The minimum atomic E-state index is 0. The highest BCUT2D eigenvalue weighted by molar-refractivity contribution is 5.85. The van der Waals surface area contributed by atoms with E-state index in [0.29, 0.717) is 11.8 Å². The van der Waals surface area contributed by atoms with Gasteiger partial charge in [0.1, 0.15) is 0 Å². The largest absolute Gasteiger partial charge is 0.341 e. The molecule has 1 aliphatic heterocycles. The Labute approximate surface area is 122 Å². The fourth-order valence-electron chi connectivity index (χ4n) is 4.34. The summed E-state index contributed by atoms with van der Waals surface area (Å²) >= 11 is 0. The van der Waals surface area contributed by atoms with Crippen molar-refractivity contribution < 1.29 is 4.79 Å². The van der Waals surface area contributed by atoms with Crippen LogP contribution in [0.15, 0.2) is 0 Å². The molecule has 0 aromatic heterocycles. The smallest absolute Gasteiger partial charge is 0.225 e. The van der Waals surface area contributed by atoms with E-state index in [1.54, 1.807) is 0 Å². The summed E-state index contributed by atoms with van der Waals surface area (Å²) in [5.74, 6) is 2.50. The second-order valence-electron chi connectivity index (χ2n) is 6.65. The molecule has 1 heterocycles. The van der Waals surface area contributed by atoms with Crippen LogP contribution in [0.2, 0.25) is 0 Å². The van der Waals surface area contributed by atoms with Gasteiger partial charge in [0, 0.05) is 25.0 Å². The van der Waals surface area contributed by atoms with Crippen LogP contribution >= 0.6 is 12.4 Å². The number of likely N-dealkylation sites (tertiary alicyclic amines) is 1. The summed E-state index contributed by atoms with van der Waals surface area (Å²) in [6.07, 6.45) is 10.2. The molecule has 19 heavy (non-hydrogen) atoms. The number of carbonyl (C=O) groups excluding carboxylic acids is 1. The Morgan fingerprint density at radius 2 is 1.74 bits per heavy atom. The predicted octanol–water partition coefficient (Wildman–Crippen LogP) is 2.57. The molecule has 0 radical (unpaired) electrons. The normalized spacial score (nSPS) is 38.5. The highest BCUT2D eigenvalue weighted by Crippen LogP contribution is 2.43. The molecule has 3 nitrogen and oxygen atoms in total. The Morgan fingerprint density at radius 1 is 1.00 bits per heavy atom. The molecule has 3 rings (SSSR count). The quantitative estimate of drug-likeness (QED) is 0.805. The summed E-state index contributed by atoms with van der Waals surface area (Å²) in [5, 5.41) is 0. The van der Waals surface area contributed by atoms with Crippen molar-refractivity contribution in [2.24, 2.45) is 23.5 Å². The molecule has 2 saturated carbocycles. The van der Waals surface area contributed by atoms with Crippen LogP contribution in [0, 0.1) is 17.8 Å². The van der Waals surface area contributed by atoms with Gasteiger partial charge in [-0.05, 0) is 37.5 Å². The lowest BCUT2D eigenvalue weighted by molar-refractivity contribution is -0.136. The maximum absolute atomic E-state index is 12.5. The van der Waals surface area contributed by atoms with E-state index in [0.717, 1.165) is 44.2 Å². The van der Waals surface area contributed by atoms with Gasteiger partial charge in [0.2, 0.25) is 5.91 Å². The molecule has 4 atom stereocenters. The second kappa shape index (κ2) is 6.45. The van der Waals surface area contributed by atoms with Crippen LogP contribution in [0.1, 0.15) is 51.4 Å². The SMILES string of the molecule is Cl.N[C@H]1CCN(C(=O)C2CCC3CCCCC3C2)C1. The summed E-state index contributed by atoms with van der Waals surface area (Å²) in [6, 6.07) is 0.222. The minimum Gasteiger partial charge on any atom is -0.341 e. The number of carbonyl (C=O) groups is 1. The number of amides is 1. The topological polar surface area (TPSA) is 46.3 Å². The zero-order chi connectivity index (χ0) is 12.5. The average Bonchev–Trinajstić information content (AvgIpc) is 2.84. The van der Waals surface area contributed by atoms with E-state index in [-0.39, 0.29) is 18.4 Å². The number of nitrogens with zero attached hydrogens (tertiary/aromatic N) is 1. The molecule has 0 aromatic carbocycles. The molecule has 3 aliphatic rings. The van der Waals surface area contributed by atoms with Crippen LogP contribution < -0.4 is 5.73 Å². The number of rotatable bonds is 1. The van der Waals surface area contributed by atoms with E-state index in [2.05, 4.69) is 0 Å². The van der Waals surface area contributed by atoms with Crippen molar-refractivity contribution >= 4 is 18.3 Å². The summed E-state index contributed by atoms with van der Waals surface area (Å²) < 4.78 is 0. The van der Waals surface area contributed by atoms with Gasteiger partial charge in [-0.15, -0.1) is 12.4 Å². The third-order valence-electron chi connectivity index (χ3n) is 5.43. The van der Waals surface area contributed by atoms with Gasteiger partial charge in [0.05, 0.1) is 0 Å². The molecule has 2 aliphatic carbocycles. The van der Waals surface area contributed by atoms with Gasteiger partial charge < -0.3 is 10.6 Å². The van der Waals surface area contributed by atoms with Crippen molar-refractivity contribution in [2.75, 3.05) is 13.1 Å². The standard InChI is InChI=1S/C15H26N2O.ClH/c16-14-7-8-17(10-14)15(18)13-6-5-11-3-1-2-4-12(11)9-13;/h11-14H,1-10,16H2;1H/t11?,12?,13?,14-;/m0./s1. The maximum atomic E-state index is 12.5. The number of fused-ring (bicyclic) bond motifs is 1. The number of hydrogen-bond acceptors (Lipinski definition) is 2. The third-order valence-corrected chi connectivity index (χ3v) is 5.43. The lowest BCUT2D eigenvalue weighted by atomic mass is 9.67. The first-order chi connectivity index (χ1) is 8.74. The molecule has 3 fully saturated rings. The van der Waals surface area contributed by atoms with Crippen molar-refractivity contribution in [1.29, 1.82) is 0 Å². The van der Waals surface area contributed by atoms with Crippen molar-refractivity contribution in [1.82, 2.24) is 4.90 Å². The minimum absolute atomic E-state index is 0. The van der Waals surface area contributed by atoms with E-state index in [1.807, 2.05) is 4.90 Å². The first-order valence-electron chi connectivity index (χ1n) is 7.78. The van der Waals surface area contributed by atoms with Gasteiger partial charge in [0.25, 0.3) is 0 Å². The Balaban J connectivity index is 0.00000133. The molecule has 3 unspecified atom stereocenters. The molecule has 1 amide bonds. The molecule has 110 valence electrons. The number of hydrogen-bond donors (Lipinski definition) is 1. The fraction of sp³-hybridized carbons (Fsp3) is 0.933. The van der Waals surface area contributed by atoms with Gasteiger partial charge in [-0.1, -0.05) is 25.7 Å². The summed E-state index contributed by atoms with van der Waals surface area (Å²) in [6.45, 7) is 1.69. The van der Waals surface area contributed by atoms with E-state index >= 15 is 0 Å². The highest BCUT2D eigenvalue weighted by atomic mass is 35.5. The van der Waals surface area contributed by atoms with Crippen molar-refractivity contribution in [3.63, 3.8) is 0 Å². The molecule has 0 bridgehead atoms. The first-order valence-corrected chi connectivity index (χ1v) is 7.78. The molecule has 0 spiro atoms. The van der Waals surface area contributed by atoms with Gasteiger partial charge in [0.15, 0.2) is 0 Å². The third kappa shape index (κ3) is 3.25. The van der Waals surface area contributed by atoms with Gasteiger partial charge >= 0.3 is 0 Å². The van der Waals surface area contributed by atoms with Gasteiger partial charge in [-0.25, -0.2) is 0 Å². The predicted molar refractivity (Wildman–Crippen MR) is 79.2 cm³/mol. The van der Waals surface area contributed by atoms with Crippen LogP contribution in [0.5, 0.6) is 0 Å². The Morgan fingerprint density at radius 3 is 2.42 bits per heavy atom. The zero-order valence-corrected chi connectivity index (χ0v) is 12.5. The first kappa shape index (κ1) is 15.1. The molecule has 4 heteroatoms. The van der Waals surface area contributed by atoms with Crippen molar-refractivity contribution in [3.05, 3.63) is 0 Å². The zero-order valence-electron chi connectivity index (χ0n) is 11.7. The van der Waals surface area contributed by atoms with E-state index in [1.165, 1.54) is 32.1 Å². The van der Waals surface area contributed by atoms with Crippen LogP contribution in [0.3, 0.4) is 0 Å². The monoisotopic (exact) mass is 286 g/mol. The number of halogens is 1. The van der Waals surface area contributed by atoms with E-state index < -0.39 is 0 Å². The van der Waals surface area contributed by atoms with Crippen LogP contribution in [0.4, 0.5) is 0 Å². The van der Waals surface area contributed by atoms with Crippen molar-refractivity contribution in [3.8, 4) is 0 Å². The Kier molecular flexibility index (Phi) is 5.13. The highest BCUT2D eigenvalue weighted by Gasteiger charge is 2.37. The lowest BCUT2D eigenvalue weighted by Crippen LogP contribution is -2.40. The van der Waals surface area contributed by atoms with Gasteiger partial charge in [-0.2, -0.15) is 0 Å². The summed E-state index contributed by atoms with van der Waals surface area (Å²) in [7, 11) is 0. The van der Waals surface area contributed by atoms with E-state index in [4.69, 9.17) is 5.73 Å². The molecule has 2 N–H and O–H groups in total. The fourth-order valence-corrected chi connectivity index (χ4v) is 4.34. The molecule has 0 aromatic rings. The Hall–Kier alpha value is -0.280. The lowest BCUT2D eigenvalue weighted by Gasteiger charge is -2.39. The second-order valence-corrected chi connectivity index (χ2v) is 6.65.